The lowest BCUT2D eigenvalue weighted by molar-refractivity contribution is 0.0976. The minimum absolute atomic E-state index is 0.318. The fraction of sp³-hybridized carbons (Fsp3) is 0.208. The molecule has 0 spiro atoms. The summed E-state index contributed by atoms with van der Waals surface area (Å²) in [4.78, 5) is 21.8. The van der Waals surface area contributed by atoms with E-state index >= 15 is 0 Å². The number of rotatable bonds is 7. The Balaban J connectivity index is 1.85. The van der Waals surface area contributed by atoms with Gasteiger partial charge < -0.3 is 14.8 Å². The lowest BCUT2D eigenvalue weighted by atomic mass is 10.1. The number of aryl methyl sites for hydroxylation is 1. The van der Waals surface area contributed by atoms with Crippen molar-refractivity contribution in [3.63, 3.8) is 0 Å². The first-order valence-corrected chi connectivity index (χ1v) is 9.96. The maximum absolute atomic E-state index is 13.0. The van der Waals surface area contributed by atoms with Crippen LogP contribution in [0.15, 0.2) is 71.9 Å². The highest BCUT2D eigenvalue weighted by Crippen LogP contribution is 2.22. The number of aromatic nitrogens is 1. The van der Waals surface area contributed by atoms with E-state index in [4.69, 9.17) is 9.47 Å². The lowest BCUT2D eigenvalue weighted by Crippen LogP contribution is -2.36. The Morgan fingerprint density at radius 3 is 2.42 bits per heavy atom. The standard InChI is InChI=1S/C24H26N4O3/c1-4-17-8-7-10-19(12-17)27-24(26-16-20-9-5-6-11-25-20)28-23(29)18-13-21(30-2)15-22(14-18)31-3/h5-15H,4,16H2,1-3H3,(H2,26,27,28,29). The molecule has 1 amide bonds. The van der Waals surface area contributed by atoms with Gasteiger partial charge in [0.15, 0.2) is 0 Å². The van der Waals surface area contributed by atoms with E-state index in [0.29, 0.717) is 29.6 Å². The Morgan fingerprint density at radius 1 is 1.00 bits per heavy atom. The number of nitrogens with one attached hydrogen (secondary N) is 2. The molecule has 160 valence electrons. The van der Waals surface area contributed by atoms with Gasteiger partial charge in [-0.1, -0.05) is 25.1 Å². The Labute approximate surface area is 182 Å². The van der Waals surface area contributed by atoms with Crippen LogP contribution >= 0.6 is 0 Å². The van der Waals surface area contributed by atoms with Crippen molar-refractivity contribution >= 4 is 17.6 Å². The summed E-state index contributed by atoms with van der Waals surface area (Å²) in [6.07, 6.45) is 2.62. The lowest BCUT2D eigenvalue weighted by Gasteiger charge is -2.14. The molecule has 1 aromatic heterocycles. The molecule has 0 saturated carbocycles. The first-order valence-electron chi connectivity index (χ1n) is 9.96. The molecule has 2 aromatic carbocycles. The maximum Gasteiger partial charge on any atom is 0.258 e. The molecule has 0 aliphatic heterocycles. The molecular formula is C24H26N4O3. The smallest absolute Gasteiger partial charge is 0.258 e. The summed E-state index contributed by atoms with van der Waals surface area (Å²) in [5, 5.41) is 6.06. The molecule has 0 saturated heterocycles. The van der Waals surface area contributed by atoms with Gasteiger partial charge in [0.2, 0.25) is 5.96 Å². The number of methoxy groups -OCH3 is 2. The van der Waals surface area contributed by atoms with Crippen molar-refractivity contribution in [2.45, 2.75) is 19.9 Å². The summed E-state index contributed by atoms with van der Waals surface area (Å²) in [7, 11) is 3.08. The summed E-state index contributed by atoms with van der Waals surface area (Å²) in [5.74, 6) is 1.04. The number of ether oxygens (including phenoxy) is 2. The van der Waals surface area contributed by atoms with Crippen molar-refractivity contribution in [2.24, 2.45) is 4.99 Å². The van der Waals surface area contributed by atoms with Crippen molar-refractivity contribution < 1.29 is 14.3 Å². The van der Waals surface area contributed by atoms with Crippen molar-refractivity contribution in [3.8, 4) is 11.5 Å². The molecule has 0 fully saturated rings. The number of hydrogen-bond donors (Lipinski definition) is 2. The average molecular weight is 418 g/mol. The van der Waals surface area contributed by atoms with Crippen LogP contribution in [0.2, 0.25) is 0 Å². The van der Waals surface area contributed by atoms with Gasteiger partial charge in [0.05, 0.1) is 26.5 Å². The zero-order valence-corrected chi connectivity index (χ0v) is 17.9. The van der Waals surface area contributed by atoms with Crippen LogP contribution in [0, 0.1) is 0 Å². The highest BCUT2D eigenvalue weighted by atomic mass is 16.5. The van der Waals surface area contributed by atoms with E-state index in [1.807, 2.05) is 36.4 Å². The van der Waals surface area contributed by atoms with Gasteiger partial charge in [0.1, 0.15) is 11.5 Å². The van der Waals surface area contributed by atoms with Crippen LogP contribution in [0.4, 0.5) is 5.69 Å². The Hall–Kier alpha value is -3.87. The molecule has 0 bridgehead atoms. The van der Waals surface area contributed by atoms with Gasteiger partial charge in [0.25, 0.3) is 5.91 Å². The number of aliphatic imine (C=N–C) groups is 1. The summed E-state index contributed by atoms with van der Waals surface area (Å²) in [6, 6.07) is 18.6. The fourth-order valence-corrected chi connectivity index (χ4v) is 2.89. The molecule has 2 N–H and O–H groups in total. The Morgan fingerprint density at radius 2 is 1.77 bits per heavy atom. The van der Waals surface area contributed by atoms with E-state index in [0.717, 1.165) is 17.8 Å². The van der Waals surface area contributed by atoms with Gasteiger partial charge in [-0.05, 0) is 48.4 Å². The molecule has 31 heavy (non-hydrogen) atoms. The number of hydrogen-bond acceptors (Lipinski definition) is 5. The molecule has 0 unspecified atom stereocenters. The molecule has 7 nitrogen and oxygen atoms in total. The van der Waals surface area contributed by atoms with Crippen molar-refractivity contribution in [3.05, 3.63) is 83.7 Å². The van der Waals surface area contributed by atoms with Crippen LogP contribution in [0.3, 0.4) is 0 Å². The minimum Gasteiger partial charge on any atom is -0.497 e. The van der Waals surface area contributed by atoms with E-state index < -0.39 is 0 Å². The number of anilines is 1. The van der Waals surface area contributed by atoms with Gasteiger partial charge >= 0.3 is 0 Å². The first-order chi connectivity index (χ1) is 15.1. The maximum atomic E-state index is 13.0. The molecule has 1 heterocycles. The van der Waals surface area contributed by atoms with Crippen LogP contribution in [0.1, 0.15) is 28.5 Å². The third-order valence-corrected chi connectivity index (χ3v) is 4.57. The van der Waals surface area contributed by atoms with Gasteiger partial charge in [-0.3, -0.25) is 15.1 Å². The molecule has 0 aliphatic carbocycles. The highest BCUT2D eigenvalue weighted by molar-refractivity contribution is 6.10. The number of benzene rings is 2. The summed E-state index contributed by atoms with van der Waals surface area (Å²) >= 11 is 0. The highest BCUT2D eigenvalue weighted by Gasteiger charge is 2.13. The second-order valence-corrected chi connectivity index (χ2v) is 6.72. The Bertz CT molecular complexity index is 1030. The van der Waals surface area contributed by atoms with E-state index in [1.165, 1.54) is 5.56 Å². The first kappa shape index (κ1) is 21.8. The van der Waals surface area contributed by atoms with Gasteiger partial charge in [-0.25, -0.2) is 4.99 Å². The molecule has 7 heteroatoms. The van der Waals surface area contributed by atoms with Crippen molar-refractivity contribution in [1.29, 1.82) is 0 Å². The number of nitrogens with zero attached hydrogens (tertiary/aromatic N) is 2. The largest absolute Gasteiger partial charge is 0.497 e. The minimum atomic E-state index is -0.337. The van der Waals surface area contributed by atoms with E-state index in [-0.39, 0.29) is 5.91 Å². The van der Waals surface area contributed by atoms with Crippen molar-refractivity contribution in [1.82, 2.24) is 10.3 Å². The number of guanidine groups is 1. The molecular weight excluding hydrogens is 392 g/mol. The van der Waals surface area contributed by atoms with E-state index in [1.54, 1.807) is 38.6 Å². The molecule has 0 radical (unpaired) electrons. The number of carbonyl (C=O) groups excluding carboxylic acids is 1. The Kier molecular flexibility index (Phi) is 7.59. The predicted octanol–water partition coefficient (Wildman–Crippen LogP) is 4.06. The van der Waals surface area contributed by atoms with Crippen LogP contribution in [0.25, 0.3) is 0 Å². The van der Waals surface area contributed by atoms with Crippen LogP contribution in [-0.2, 0) is 13.0 Å². The third kappa shape index (κ3) is 6.30. The number of amides is 1. The zero-order chi connectivity index (χ0) is 22.1. The molecule has 3 rings (SSSR count). The van der Waals surface area contributed by atoms with Crippen LogP contribution in [0.5, 0.6) is 11.5 Å². The summed E-state index contributed by atoms with van der Waals surface area (Å²) < 4.78 is 10.5. The second-order valence-electron chi connectivity index (χ2n) is 6.72. The van der Waals surface area contributed by atoms with E-state index in [2.05, 4.69) is 33.6 Å². The van der Waals surface area contributed by atoms with E-state index in [9.17, 15) is 4.79 Å². The SMILES string of the molecule is CCc1cccc(NC(=NCc2ccccn2)NC(=O)c2cc(OC)cc(OC)c2)c1. The number of carbonyl (C=O) groups is 1. The van der Waals surface area contributed by atoms with Crippen LogP contribution < -0.4 is 20.1 Å². The second kappa shape index (κ2) is 10.8. The van der Waals surface area contributed by atoms with Gasteiger partial charge in [0, 0.05) is 23.5 Å². The number of pyridine rings is 1. The van der Waals surface area contributed by atoms with Gasteiger partial charge in [-0.15, -0.1) is 0 Å². The predicted molar refractivity (Wildman–Crippen MR) is 122 cm³/mol. The monoisotopic (exact) mass is 418 g/mol. The fourth-order valence-electron chi connectivity index (χ4n) is 2.89. The van der Waals surface area contributed by atoms with Crippen LogP contribution in [-0.4, -0.2) is 31.1 Å². The van der Waals surface area contributed by atoms with Gasteiger partial charge in [-0.2, -0.15) is 0 Å². The quantitative estimate of drug-likeness (QED) is 0.446. The molecule has 0 atom stereocenters. The average Bonchev–Trinajstić information content (AvgIpc) is 2.82. The summed E-state index contributed by atoms with van der Waals surface area (Å²) in [5.41, 5.74) is 3.20. The van der Waals surface area contributed by atoms with Crippen molar-refractivity contribution in [2.75, 3.05) is 19.5 Å². The third-order valence-electron chi connectivity index (χ3n) is 4.57. The zero-order valence-electron chi connectivity index (χ0n) is 17.9. The normalized spacial score (nSPS) is 11.0. The molecule has 0 aliphatic rings. The molecule has 3 aromatic rings. The summed E-state index contributed by atoms with van der Waals surface area (Å²) in [6.45, 7) is 2.41. The topological polar surface area (TPSA) is 84.8 Å².